The molecule has 2 rings (SSSR count). The summed E-state index contributed by atoms with van der Waals surface area (Å²) in [5.41, 5.74) is 7.24. The summed E-state index contributed by atoms with van der Waals surface area (Å²) < 4.78 is 14.1. The lowest BCUT2D eigenvalue weighted by atomic mass is 9.89. The van der Waals surface area contributed by atoms with Gasteiger partial charge in [0.15, 0.2) is 0 Å². The third-order valence-corrected chi connectivity index (χ3v) is 3.96. The maximum absolute atomic E-state index is 14.1. The number of aliphatic hydroxyl groups excluding tert-OH is 1. The monoisotopic (exact) mass is 307 g/mol. The van der Waals surface area contributed by atoms with Gasteiger partial charge in [0, 0.05) is 12.5 Å². The summed E-state index contributed by atoms with van der Waals surface area (Å²) in [5, 5.41) is 10.4. The first-order valence-electron chi connectivity index (χ1n) is 6.99. The number of hydrogen-bond donors (Lipinski definition) is 2. The fourth-order valence-electron chi connectivity index (χ4n) is 2.46. The summed E-state index contributed by atoms with van der Waals surface area (Å²) in [6, 6.07) is 14.7. The predicted molar refractivity (Wildman–Crippen MR) is 84.0 cm³/mol. The summed E-state index contributed by atoms with van der Waals surface area (Å²) in [4.78, 5) is 0. The molecule has 0 aliphatic carbocycles. The second kappa shape index (κ2) is 7.55. The molecule has 2 nitrogen and oxygen atoms in total. The Kier molecular flexibility index (Phi) is 5.74. The third-order valence-electron chi connectivity index (χ3n) is 3.67. The highest BCUT2D eigenvalue weighted by molar-refractivity contribution is 6.30. The van der Waals surface area contributed by atoms with Crippen LogP contribution in [0.1, 0.15) is 23.5 Å². The van der Waals surface area contributed by atoms with E-state index in [1.165, 1.54) is 6.07 Å². The minimum absolute atomic E-state index is 0.0567. The lowest BCUT2D eigenvalue weighted by Crippen LogP contribution is -2.27. The van der Waals surface area contributed by atoms with Crippen LogP contribution in [0, 0.1) is 5.82 Å². The molecule has 0 heterocycles. The van der Waals surface area contributed by atoms with Crippen LogP contribution in [0.5, 0.6) is 0 Å². The summed E-state index contributed by atoms with van der Waals surface area (Å²) in [7, 11) is 0. The predicted octanol–water partition coefficient (Wildman–Crippen LogP) is 3.52. The van der Waals surface area contributed by atoms with Crippen molar-refractivity contribution in [3.8, 4) is 0 Å². The number of aryl methyl sites for hydroxylation is 1. The first-order chi connectivity index (χ1) is 10.1. The van der Waals surface area contributed by atoms with Crippen molar-refractivity contribution in [2.75, 3.05) is 6.54 Å². The molecule has 0 aliphatic heterocycles. The van der Waals surface area contributed by atoms with Gasteiger partial charge >= 0.3 is 0 Å². The van der Waals surface area contributed by atoms with Gasteiger partial charge in [0.1, 0.15) is 5.82 Å². The maximum atomic E-state index is 14.1. The minimum Gasteiger partial charge on any atom is -0.392 e. The van der Waals surface area contributed by atoms with Crippen LogP contribution >= 0.6 is 11.6 Å². The van der Waals surface area contributed by atoms with Crippen molar-refractivity contribution in [2.45, 2.75) is 24.9 Å². The number of benzene rings is 2. The maximum Gasteiger partial charge on any atom is 0.145 e. The summed E-state index contributed by atoms with van der Waals surface area (Å²) in [6.45, 7) is 0.174. The van der Waals surface area contributed by atoms with Gasteiger partial charge in [-0.1, -0.05) is 54.1 Å². The Morgan fingerprint density at radius 1 is 1.10 bits per heavy atom. The molecule has 3 N–H and O–H groups in total. The molecule has 21 heavy (non-hydrogen) atoms. The smallest absolute Gasteiger partial charge is 0.145 e. The van der Waals surface area contributed by atoms with Crippen LogP contribution in [0.3, 0.4) is 0 Å². The second-order valence-corrected chi connectivity index (χ2v) is 5.48. The van der Waals surface area contributed by atoms with Gasteiger partial charge in [0.05, 0.1) is 11.1 Å². The van der Waals surface area contributed by atoms with E-state index in [0.717, 1.165) is 12.0 Å². The minimum atomic E-state index is -0.705. The largest absolute Gasteiger partial charge is 0.392 e. The Bertz CT molecular complexity index is 576. The van der Waals surface area contributed by atoms with Crippen LogP contribution in [-0.2, 0) is 6.42 Å². The normalized spacial score (nSPS) is 13.9. The van der Waals surface area contributed by atoms with E-state index in [-0.39, 0.29) is 11.6 Å². The Labute approximate surface area is 129 Å². The molecule has 0 bridgehead atoms. The topological polar surface area (TPSA) is 46.2 Å². The third kappa shape index (κ3) is 4.03. The zero-order valence-corrected chi connectivity index (χ0v) is 12.4. The summed E-state index contributed by atoms with van der Waals surface area (Å²) in [5.74, 6) is -0.944. The van der Waals surface area contributed by atoms with E-state index in [2.05, 4.69) is 0 Å². The standard InChI is InChI=1S/C17H19ClFNO/c18-15-8-4-7-13(17(15)19)14(11-20)16(21)10-9-12-5-2-1-3-6-12/h1-8,14,16,21H,9-11,20H2. The lowest BCUT2D eigenvalue weighted by Gasteiger charge is -2.22. The molecule has 0 spiro atoms. The average Bonchev–Trinajstić information content (AvgIpc) is 2.51. The van der Waals surface area contributed by atoms with Gasteiger partial charge in [-0.3, -0.25) is 0 Å². The molecule has 0 amide bonds. The van der Waals surface area contributed by atoms with Gasteiger partial charge in [-0.15, -0.1) is 0 Å². The second-order valence-electron chi connectivity index (χ2n) is 5.08. The molecule has 0 aromatic heterocycles. The highest BCUT2D eigenvalue weighted by atomic mass is 35.5. The van der Waals surface area contributed by atoms with E-state index in [1.54, 1.807) is 12.1 Å². The van der Waals surface area contributed by atoms with Gasteiger partial charge in [-0.25, -0.2) is 4.39 Å². The number of nitrogens with two attached hydrogens (primary N) is 1. The van der Waals surface area contributed by atoms with Crippen LogP contribution in [0.25, 0.3) is 0 Å². The summed E-state index contributed by atoms with van der Waals surface area (Å²) in [6.07, 6.45) is 0.543. The van der Waals surface area contributed by atoms with Crippen molar-refractivity contribution >= 4 is 11.6 Å². The van der Waals surface area contributed by atoms with Crippen molar-refractivity contribution in [1.29, 1.82) is 0 Å². The SMILES string of the molecule is NCC(c1cccc(Cl)c1F)C(O)CCc1ccccc1. The van der Waals surface area contributed by atoms with E-state index in [1.807, 2.05) is 30.3 Å². The van der Waals surface area contributed by atoms with E-state index in [4.69, 9.17) is 17.3 Å². The molecule has 2 unspecified atom stereocenters. The molecule has 0 radical (unpaired) electrons. The van der Waals surface area contributed by atoms with Crippen molar-refractivity contribution in [3.05, 3.63) is 70.5 Å². The van der Waals surface area contributed by atoms with E-state index in [9.17, 15) is 9.50 Å². The quantitative estimate of drug-likeness (QED) is 0.858. The number of hydrogen-bond acceptors (Lipinski definition) is 2. The number of aliphatic hydroxyl groups is 1. The zero-order chi connectivity index (χ0) is 15.2. The number of rotatable bonds is 6. The molecule has 112 valence electrons. The van der Waals surface area contributed by atoms with E-state index >= 15 is 0 Å². The van der Waals surface area contributed by atoms with Crippen LogP contribution in [0.4, 0.5) is 4.39 Å². The van der Waals surface area contributed by atoms with Gasteiger partial charge in [-0.2, -0.15) is 0 Å². The van der Waals surface area contributed by atoms with Gasteiger partial charge in [0.2, 0.25) is 0 Å². The van der Waals surface area contributed by atoms with Crippen molar-refractivity contribution in [2.24, 2.45) is 5.73 Å². The van der Waals surface area contributed by atoms with Gasteiger partial charge < -0.3 is 10.8 Å². The molecule has 2 aromatic rings. The first kappa shape index (κ1) is 16.0. The van der Waals surface area contributed by atoms with E-state index in [0.29, 0.717) is 12.0 Å². The van der Waals surface area contributed by atoms with Crippen LogP contribution in [0.15, 0.2) is 48.5 Å². The highest BCUT2D eigenvalue weighted by Gasteiger charge is 2.23. The molecule has 4 heteroatoms. The fraction of sp³-hybridized carbons (Fsp3) is 0.294. The van der Waals surface area contributed by atoms with Crippen molar-refractivity contribution in [3.63, 3.8) is 0 Å². The first-order valence-corrected chi connectivity index (χ1v) is 7.37. The van der Waals surface area contributed by atoms with Gasteiger partial charge in [0.25, 0.3) is 0 Å². The van der Waals surface area contributed by atoms with Crippen LogP contribution in [-0.4, -0.2) is 17.8 Å². The van der Waals surface area contributed by atoms with Crippen LogP contribution in [0.2, 0.25) is 5.02 Å². The molecule has 0 saturated carbocycles. The lowest BCUT2D eigenvalue weighted by molar-refractivity contribution is 0.134. The Morgan fingerprint density at radius 2 is 1.81 bits per heavy atom. The van der Waals surface area contributed by atoms with Crippen molar-refractivity contribution < 1.29 is 9.50 Å². The Morgan fingerprint density at radius 3 is 2.48 bits per heavy atom. The molecule has 0 fully saturated rings. The molecule has 2 aromatic carbocycles. The van der Waals surface area contributed by atoms with E-state index < -0.39 is 17.8 Å². The fourth-order valence-corrected chi connectivity index (χ4v) is 2.64. The molecule has 0 saturated heterocycles. The Hall–Kier alpha value is -1.42. The molecule has 2 atom stereocenters. The van der Waals surface area contributed by atoms with Gasteiger partial charge in [-0.05, 0) is 30.0 Å². The van der Waals surface area contributed by atoms with Crippen molar-refractivity contribution in [1.82, 2.24) is 0 Å². The Balaban J connectivity index is 2.08. The average molecular weight is 308 g/mol. The molecular formula is C17H19ClFNO. The molecular weight excluding hydrogens is 289 g/mol. The number of halogens is 2. The highest BCUT2D eigenvalue weighted by Crippen LogP contribution is 2.28. The zero-order valence-electron chi connectivity index (χ0n) is 11.7. The summed E-state index contributed by atoms with van der Waals surface area (Å²) >= 11 is 5.80. The van der Waals surface area contributed by atoms with Crippen LogP contribution < -0.4 is 5.73 Å². The molecule has 0 aliphatic rings.